The topological polar surface area (TPSA) is 88.2 Å². The summed E-state index contributed by atoms with van der Waals surface area (Å²) in [6.07, 6.45) is 5.63. The second-order valence-corrected chi connectivity index (χ2v) is 12.8. The molecule has 1 N–H and O–H groups in total. The third-order valence-corrected chi connectivity index (χ3v) is 8.71. The van der Waals surface area contributed by atoms with Crippen LogP contribution in [-0.2, 0) is 16.1 Å². The van der Waals surface area contributed by atoms with Gasteiger partial charge in [-0.1, -0.05) is 18.2 Å². The van der Waals surface area contributed by atoms with E-state index in [1.54, 1.807) is 12.0 Å². The fourth-order valence-electron chi connectivity index (χ4n) is 6.31. The van der Waals surface area contributed by atoms with Gasteiger partial charge in [0.05, 0.1) is 7.11 Å². The van der Waals surface area contributed by atoms with E-state index in [4.69, 9.17) is 9.47 Å². The molecule has 3 amide bonds. The Labute approximate surface area is 249 Å². The van der Waals surface area contributed by atoms with Crippen molar-refractivity contribution in [3.63, 3.8) is 0 Å². The molecule has 5 rings (SSSR count). The first-order valence-corrected chi connectivity index (χ1v) is 15.0. The summed E-state index contributed by atoms with van der Waals surface area (Å²) >= 11 is 0. The lowest BCUT2D eigenvalue weighted by molar-refractivity contribution is -0.121. The number of anilines is 1. The van der Waals surface area contributed by atoms with Crippen LogP contribution >= 0.6 is 0 Å². The van der Waals surface area contributed by atoms with Gasteiger partial charge in [-0.3, -0.25) is 9.59 Å². The molecule has 0 aromatic heterocycles. The van der Waals surface area contributed by atoms with E-state index in [0.29, 0.717) is 19.6 Å². The zero-order valence-corrected chi connectivity index (χ0v) is 25.7. The maximum Gasteiger partial charge on any atom is 0.410 e. The molecule has 0 bridgehead atoms. The van der Waals surface area contributed by atoms with E-state index >= 15 is 0 Å². The number of ether oxygens (including phenoxy) is 2. The predicted octanol–water partition coefficient (Wildman–Crippen LogP) is 6.49. The van der Waals surface area contributed by atoms with E-state index in [9.17, 15) is 14.4 Å². The van der Waals surface area contributed by atoms with Crippen LogP contribution < -0.4 is 10.1 Å². The smallest absolute Gasteiger partial charge is 0.410 e. The second-order valence-electron chi connectivity index (χ2n) is 12.8. The van der Waals surface area contributed by atoms with Crippen LogP contribution in [0.4, 0.5) is 10.5 Å². The van der Waals surface area contributed by atoms with Crippen LogP contribution in [-0.4, -0.2) is 59.5 Å². The van der Waals surface area contributed by atoms with E-state index in [1.165, 1.54) is 0 Å². The number of benzene rings is 2. The van der Waals surface area contributed by atoms with Crippen LogP contribution in [0.15, 0.2) is 36.4 Å². The molecule has 3 aliphatic rings. The van der Waals surface area contributed by atoms with Crippen LogP contribution in [0.2, 0.25) is 0 Å². The Morgan fingerprint density at radius 1 is 1.00 bits per heavy atom. The standard InChI is InChI=1S/C34H43N3O5/c1-21-7-10-26(19-30(21)41-6)35-31(38)24-8-11-27(12-9-24)37-20-29-22(2)17-25(18-28(29)32(37)39)23-13-15-36(16-14-23)33(40)42-34(3,4)5/h7,10,13,17-19,24,27H,8-9,11-12,14-16,20H2,1-6H3,(H,35,38). The Balaban J connectivity index is 1.20. The molecule has 0 radical (unpaired) electrons. The van der Waals surface area contributed by atoms with Crippen molar-refractivity contribution in [1.82, 2.24) is 9.80 Å². The van der Waals surface area contributed by atoms with Gasteiger partial charge in [0.1, 0.15) is 11.4 Å². The Kier molecular flexibility index (Phi) is 8.35. The summed E-state index contributed by atoms with van der Waals surface area (Å²) in [5.74, 6) is 0.799. The quantitative estimate of drug-likeness (QED) is 0.442. The molecule has 1 fully saturated rings. The summed E-state index contributed by atoms with van der Waals surface area (Å²) in [6.45, 7) is 11.4. The van der Waals surface area contributed by atoms with Crippen molar-refractivity contribution in [1.29, 1.82) is 0 Å². The molecule has 0 unspecified atom stereocenters. The molecule has 2 heterocycles. The summed E-state index contributed by atoms with van der Waals surface area (Å²) in [6, 6.07) is 10.0. The van der Waals surface area contributed by atoms with Crippen molar-refractivity contribution in [2.45, 2.75) is 84.9 Å². The lowest BCUT2D eigenvalue weighted by Crippen LogP contribution is -2.40. The van der Waals surface area contributed by atoms with Crippen molar-refractivity contribution < 1.29 is 23.9 Å². The third kappa shape index (κ3) is 6.32. The molecule has 0 spiro atoms. The molecule has 224 valence electrons. The molecule has 2 aromatic carbocycles. The average Bonchev–Trinajstić information content (AvgIpc) is 3.30. The molecular weight excluding hydrogens is 530 g/mol. The van der Waals surface area contributed by atoms with Gasteiger partial charge in [0.15, 0.2) is 0 Å². The van der Waals surface area contributed by atoms with Crippen LogP contribution in [0.25, 0.3) is 5.57 Å². The summed E-state index contributed by atoms with van der Waals surface area (Å²) in [5, 5.41) is 3.05. The zero-order chi connectivity index (χ0) is 30.2. The van der Waals surface area contributed by atoms with Crippen molar-refractivity contribution in [3.8, 4) is 5.75 Å². The highest BCUT2D eigenvalue weighted by molar-refractivity contribution is 6.00. The first-order chi connectivity index (χ1) is 19.9. The van der Waals surface area contributed by atoms with Gasteiger partial charge in [0.25, 0.3) is 5.91 Å². The molecule has 1 aliphatic carbocycles. The molecule has 0 atom stereocenters. The van der Waals surface area contributed by atoms with E-state index in [0.717, 1.165) is 76.9 Å². The van der Waals surface area contributed by atoms with E-state index in [1.807, 2.05) is 56.9 Å². The number of methoxy groups -OCH3 is 1. The van der Waals surface area contributed by atoms with Crippen molar-refractivity contribution >= 4 is 29.2 Å². The first-order valence-electron chi connectivity index (χ1n) is 15.0. The monoisotopic (exact) mass is 573 g/mol. The van der Waals surface area contributed by atoms with E-state index < -0.39 is 5.60 Å². The molecular formula is C34H43N3O5. The highest BCUT2D eigenvalue weighted by Crippen LogP contribution is 2.37. The predicted molar refractivity (Wildman–Crippen MR) is 164 cm³/mol. The minimum Gasteiger partial charge on any atom is -0.496 e. The van der Waals surface area contributed by atoms with Gasteiger partial charge in [-0.05, 0) is 107 Å². The lowest BCUT2D eigenvalue weighted by Gasteiger charge is -2.34. The highest BCUT2D eigenvalue weighted by atomic mass is 16.6. The fourth-order valence-corrected chi connectivity index (χ4v) is 6.31. The van der Waals surface area contributed by atoms with E-state index in [-0.39, 0.29) is 29.9 Å². The molecule has 1 saturated carbocycles. The summed E-state index contributed by atoms with van der Waals surface area (Å²) in [4.78, 5) is 42.9. The van der Waals surface area contributed by atoms with Gasteiger partial charge >= 0.3 is 6.09 Å². The minimum atomic E-state index is -0.522. The number of carbonyl (C=O) groups is 3. The Hall–Kier alpha value is -3.81. The van der Waals surface area contributed by atoms with Crippen LogP contribution in [0.5, 0.6) is 5.75 Å². The fraction of sp³-hybridized carbons (Fsp3) is 0.500. The number of rotatable bonds is 5. The number of hydrogen-bond donors (Lipinski definition) is 1. The van der Waals surface area contributed by atoms with Crippen molar-refractivity contribution in [3.05, 3.63) is 64.2 Å². The van der Waals surface area contributed by atoms with Crippen molar-refractivity contribution in [2.75, 3.05) is 25.5 Å². The minimum absolute atomic E-state index is 0.0295. The molecule has 2 aromatic rings. The van der Waals surface area contributed by atoms with Gasteiger partial charge in [-0.15, -0.1) is 0 Å². The Morgan fingerprint density at radius 3 is 2.38 bits per heavy atom. The maximum absolute atomic E-state index is 13.6. The lowest BCUT2D eigenvalue weighted by atomic mass is 9.84. The number of nitrogens with one attached hydrogen (secondary N) is 1. The largest absolute Gasteiger partial charge is 0.496 e. The SMILES string of the molecule is COc1cc(NC(=O)C2CCC(N3Cc4c(C)cc(C5=CCN(C(=O)OC(C)(C)C)CC5)cc4C3=O)CC2)ccc1C. The summed E-state index contributed by atoms with van der Waals surface area (Å²) in [7, 11) is 1.63. The van der Waals surface area contributed by atoms with Gasteiger partial charge < -0.3 is 24.6 Å². The Bertz CT molecular complexity index is 1410. The van der Waals surface area contributed by atoms with Crippen LogP contribution in [0.1, 0.15) is 85.5 Å². The van der Waals surface area contributed by atoms with Crippen LogP contribution in [0.3, 0.4) is 0 Å². The number of hydrogen-bond acceptors (Lipinski definition) is 5. The average molecular weight is 574 g/mol. The zero-order valence-electron chi connectivity index (χ0n) is 25.7. The normalized spacial score (nSPS) is 20.6. The number of amides is 3. The molecule has 0 saturated heterocycles. The van der Waals surface area contributed by atoms with Crippen LogP contribution in [0, 0.1) is 19.8 Å². The van der Waals surface area contributed by atoms with Gasteiger partial charge in [0, 0.05) is 48.9 Å². The molecule has 8 nitrogen and oxygen atoms in total. The summed E-state index contributed by atoms with van der Waals surface area (Å²) < 4.78 is 10.9. The maximum atomic E-state index is 13.6. The molecule has 42 heavy (non-hydrogen) atoms. The molecule has 2 aliphatic heterocycles. The number of fused-ring (bicyclic) bond motifs is 1. The highest BCUT2D eigenvalue weighted by Gasteiger charge is 2.37. The van der Waals surface area contributed by atoms with E-state index in [2.05, 4.69) is 24.4 Å². The van der Waals surface area contributed by atoms with Gasteiger partial charge in [0.2, 0.25) is 5.91 Å². The van der Waals surface area contributed by atoms with Crippen molar-refractivity contribution in [2.24, 2.45) is 5.92 Å². The number of aryl methyl sites for hydroxylation is 2. The number of nitrogens with zero attached hydrogens (tertiary/aromatic N) is 2. The third-order valence-electron chi connectivity index (χ3n) is 8.71. The van der Waals surface area contributed by atoms with Gasteiger partial charge in [-0.25, -0.2) is 4.79 Å². The number of carbonyl (C=O) groups excluding carboxylic acids is 3. The molecule has 8 heteroatoms. The second kappa shape index (κ2) is 11.8. The van der Waals surface area contributed by atoms with Gasteiger partial charge in [-0.2, -0.15) is 0 Å². The first kappa shape index (κ1) is 29.7. The summed E-state index contributed by atoms with van der Waals surface area (Å²) in [5.41, 5.74) is 6.46. The Morgan fingerprint density at radius 2 is 1.74 bits per heavy atom.